The van der Waals surface area contributed by atoms with Gasteiger partial charge < -0.3 is 44.1 Å². The van der Waals surface area contributed by atoms with Crippen LogP contribution in [0.4, 0.5) is 0 Å². The van der Waals surface area contributed by atoms with Crippen molar-refractivity contribution in [3.63, 3.8) is 0 Å². The molecule has 2 heterocycles. The van der Waals surface area contributed by atoms with Gasteiger partial charge >= 0.3 is 5.97 Å². The summed E-state index contributed by atoms with van der Waals surface area (Å²) in [6, 6.07) is 17.3. The molecule has 4 N–H and O–H groups in total. The summed E-state index contributed by atoms with van der Waals surface area (Å²) >= 11 is 0. The summed E-state index contributed by atoms with van der Waals surface area (Å²) in [5, 5.41) is 45.1. The van der Waals surface area contributed by atoms with Crippen molar-refractivity contribution in [2.75, 3.05) is 13.2 Å². The maximum atomic E-state index is 11.9. The second-order valence-corrected chi connectivity index (χ2v) is 9.19. The smallest absolute Gasteiger partial charge is 0.335 e. The summed E-state index contributed by atoms with van der Waals surface area (Å²) in [5.74, 6) is -1.49. The molecule has 2 fully saturated rings. The van der Waals surface area contributed by atoms with Gasteiger partial charge in [-0.1, -0.05) is 65.8 Å². The third-order valence-corrected chi connectivity index (χ3v) is 6.58. The first-order valence-electron chi connectivity index (χ1n) is 12.4. The van der Waals surface area contributed by atoms with Crippen LogP contribution in [0.5, 0.6) is 0 Å². The number of carbonyl (C=O) groups is 1. The topological polar surface area (TPSA) is 193 Å². The molecule has 0 aliphatic carbocycles. The average molecular weight is 546 g/mol. The zero-order chi connectivity index (χ0) is 27.8. The first kappa shape index (κ1) is 28.9. The molecule has 13 nitrogen and oxygen atoms in total. The molecule has 2 aliphatic rings. The first-order valence-corrected chi connectivity index (χ1v) is 12.4. The Hall–Kier alpha value is -3.10. The molecule has 0 bridgehead atoms. The third kappa shape index (κ3) is 7.11. The molecule has 2 aromatic rings. The fourth-order valence-electron chi connectivity index (χ4n) is 4.57. The summed E-state index contributed by atoms with van der Waals surface area (Å²) in [7, 11) is 0. The van der Waals surface area contributed by atoms with Crippen molar-refractivity contribution in [2.24, 2.45) is 5.11 Å². The van der Waals surface area contributed by atoms with E-state index < -0.39 is 67.6 Å². The van der Waals surface area contributed by atoms with Crippen molar-refractivity contribution in [2.45, 2.75) is 68.3 Å². The Labute approximate surface area is 224 Å². The van der Waals surface area contributed by atoms with Gasteiger partial charge in [-0.25, -0.2) is 4.79 Å². The van der Waals surface area contributed by atoms with Crippen LogP contribution in [0.25, 0.3) is 10.4 Å². The summed E-state index contributed by atoms with van der Waals surface area (Å²) in [5.41, 5.74) is 10.6. The number of ether oxygens (including phenoxy) is 5. The van der Waals surface area contributed by atoms with E-state index >= 15 is 0 Å². The molecule has 6 unspecified atom stereocenters. The first-order chi connectivity index (χ1) is 18.9. The fourth-order valence-corrected chi connectivity index (χ4v) is 4.57. The summed E-state index contributed by atoms with van der Waals surface area (Å²) in [6.07, 6.45) is -11.2. The number of azide groups is 1. The average Bonchev–Trinajstić information content (AvgIpc) is 2.95. The summed E-state index contributed by atoms with van der Waals surface area (Å²) in [6.45, 7) is -0.497. The van der Waals surface area contributed by atoms with Crippen molar-refractivity contribution in [1.82, 2.24) is 0 Å². The van der Waals surface area contributed by atoms with E-state index in [1.807, 2.05) is 36.4 Å². The van der Waals surface area contributed by atoms with E-state index in [0.29, 0.717) is 0 Å². The van der Waals surface area contributed by atoms with E-state index in [2.05, 4.69) is 10.0 Å². The molecule has 2 aliphatic heterocycles. The highest BCUT2D eigenvalue weighted by atomic mass is 16.7. The van der Waals surface area contributed by atoms with Crippen molar-refractivity contribution < 1.29 is 48.9 Å². The Balaban J connectivity index is 1.56. The zero-order valence-corrected chi connectivity index (χ0v) is 20.9. The molecule has 210 valence electrons. The molecule has 13 heteroatoms. The molecule has 2 aromatic carbocycles. The van der Waals surface area contributed by atoms with Gasteiger partial charge in [0.25, 0.3) is 0 Å². The van der Waals surface area contributed by atoms with Gasteiger partial charge in [0.1, 0.15) is 30.5 Å². The van der Waals surface area contributed by atoms with Gasteiger partial charge in [0.15, 0.2) is 12.4 Å². The van der Waals surface area contributed by atoms with Gasteiger partial charge in [0, 0.05) is 4.91 Å². The number of aliphatic hydroxyl groups excluding tert-OH is 3. The van der Waals surface area contributed by atoms with Crippen LogP contribution in [-0.4, -0.2) is 94.7 Å². The molecular weight excluding hydrogens is 514 g/mol. The highest BCUT2D eigenvalue weighted by molar-refractivity contribution is 5.73. The largest absolute Gasteiger partial charge is 0.479 e. The lowest BCUT2D eigenvalue weighted by molar-refractivity contribution is -0.333. The number of carboxylic acid groups (broad SMARTS) is 1. The van der Waals surface area contributed by atoms with Crippen LogP contribution >= 0.6 is 0 Å². The van der Waals surface area contributed by atoms with Crippen molar-refractivity contribution in [1.29, 1.82) is 0 Å². The number of aliphatic hydroxyl groups is 3. The van der Waals surface area contributed by atoms with Gasteiger partial charge in [-0.05, 0) is 16.7 Å². The molecule has 39 heavy (non-hydrogen) atoms. The second kappa shape index (κ2) is 13.8. The van der Waals surface area contributed by atoms with E-state index in [1.165, 1.54) is 0 Å². The Bertz CT molecular complexity index is 1100. The molecule has 4 rings (SSSR count). The van der Waals surface area contributed by atoms with Crippen LogP contribution in [0.15, 0.2) is 65.8 Å². The monoisotopic (exact) mass is 545 g/mol. The lowest BCUT2D eigenvalue weighted by Crippen LogP contribution is -2.64. The maximum absolute atomic E-state index is 11.9. The minimum absolute atomic E-state index is 0.0216. The van der Waals surface area contributed by atoms with E-state index in [4.69, 9.17) is 29.2 Å². The van der Waals surface area contributed by atoms with Crippen molar-refractivity contribution in [3.8, 4) is 0 Å². The number of carboxylic acids is 1. The van der Waals surface area contributed by atoms with Crippen molar-refractivity contribution in [3.05, 3.63) is 82.2 Å². The standard InChI is InChI=1S/C26H31N3O10/c27-29-28-17-14-35-18(11-30)22(21(17)36-12-15-7-3-1-4-8-15)38-26-20(32)23(19(31)24(39-26)25(33)34)37-13-16-9-5-2-6-10-16/h1-10,17-24,26,30-32H,11-14H2,(H,33,34)/t17?,18?,19-,20?,21?,22+,23?,24?,26+/m0/s1. The van der Waals surface area contributed by atoms with Gasteiger partial charge in [-0.3, -0.25) is 0 Å². The fraction of sp³-hybridized carbons (Fsp3) is 0.500. The number of hydrogen-bond acceptors (Lipinski definition) is 10. The zero-order valence-electron chi connectivity index (χ0n) is 20.9. The minimum Gasteiger partial charge on any atom is -0.479 e. The Kier molecular flexibility index (Phi) is 10.2. The number of hydrogen-bond donors (Lipinski definition) is 4. The SMILES string of the molecule is [N-]=[N+]=NC1COC(CO)[C@@H](O[C@@H]2OC(C(=O)O)[C@@H](O)C(OCc3ccccc3)C2O)C1OCc1ccccc1. The molecule has 0 radical (unpaired) electrons. The summed E-state index contributed by atoms with van der Waals surface area (Å²) in [4.78, 5) is 14.7. The molecular formula is C26H31N3O10. The van der Waals surface area contributed by atoms with Crippen LogP contribution in [0.3, 0.4) is 0 Å². The number of nitrogens with zero attached hydrogens (tertiary/aromatic N) is 3. The van der Waals surface area contributed by atoms with Crippen molar-refractivity contribution >= 4 is 5.97 Å². The van der Waals surface area contributed by atoms with Gasteiger partial charge in [-0.15, -0.1) is 0 Å². The Morgan fingerprint density at radius 3 is 2.08 bits per heavy atom. The maximum Gasteiger partial charge on any atom is 0.335 e. The molecule has 0 aromatic heterocycles. The third-order valence-electron chi connectivity index (χ3n) is 6.58. The van der Waals surface area contributed by atoms with Crippen LogP contribution in [-0.2, 0) is 41.7 Å². The normalized spacial score (nSPS) is 32.7. The minimum atomic E-state index is -1.78. The molecule has 9 atom stereocenters. The Morgan fingerprint density at radius 2 is 1.54 bits per heavy atom. The van der Waals surface area contributed by atoms with Crippen LogP contribution in [0.1, 0.15) is 11.1 Å². The number of aliphatic carboxylic acids is 1. The van der Waals surface area contributed by atoms with E-state index in [0.717, 1.165) is 11.1 Å². The molecule has 0 saturated carbocycles. The molecule has 0 spiro atoms. The molecule has 2 saturated heterocycles. The lowest BCUT2D eigenvalue weighted by Gasteiger charge is -2.45. The van der Waals surface area contributed by atoms with E-state index in [9.17, 15) is 25.2 Å². The van der Waals surface area contributed by atoms with Gasteiger partial charge in [-0.2, -0.15) is 0 Å². The molecule has 0 amide bonds. The lowest BCUT2D eigenvalue weighted by atomic mass is 9.96. The van der Waals surface area contributed by atoms with Crippen LogP contribution in [0.2, 0.25) is 0 Å². The Morgan fingerprint density at radius 1 is 0.949 bits per heavy atom. The van der Waals surface area contributed by atoms with E-state index in [-0.39, 0.29) is 19.8 Å². The van der Waals surface area contributed by atoms with Gasteiger partial charge in [0.2, 0.25) is 0 Å². The quantitative estimate of drug-likeness (QED) is 0.181. The van der Waals surface area contributed by atoms with E-state index in [1.54, 1.807) is 24.3 Å². The number of rotatable bonds is 11. The van der Waals surface area contributed by atoms with Gasteiger partial charge in [0.05, 0.1) is 38.6 Å². The predicted molar refractivity (Wildman–Crippen MR) is 133 cm³/mol. The highest BCUT2D eigenvalue weighted by Gasteiger charge is 2.52. The second-order valence-electron chi connectivity index (χ2n) is 9.19. The highest BCUT2D eigenvalue weighted by Crippen LogP contribution is 2.31. The van der Waals surface area contributed by atoms with Crippen LogP contribution in [0, 0.1) is 0 Å². The van der Waals surface area contributed by atoms with Crippen LogP contribution < -0.4 is 0 Å². The predicted octanol–water partition coefficient (Wildman–Crippen LogP) is 1.14. The number of benzene rings is 2. The summed E-state index contributed by atoms with van der Waals surface area (Å²) < 4.78 is 28.9.